The highest BCUT2D eigenvalue weighted by Crippen LogP contribution is 2.32. The number of thiazole rings is 1. The number of carbonyl (C=O) groups is 4. The van der Waals surface area contributed by atoms with Crippen LogP contribution in [0.3, 0.4) is 0 Å². The second kappa shape index (κ2) is 25.1. The number of alkyl carbamates (subject to hydrolysis) is 1. The third-order valence-electron chi connectivity index (χ3n) is 11.2. The van der Waals surface area contributed by atoms with E-state index in [-0.39, 0.29) is 60.6 Å². The number of aromatic hydroxyl groups is 1. The van der Waals surface area contributed by atoms with Gasteiger partial charge in [0.1, 0.15) is 22.5 Å². The summed E-state index contributed by atoms with van der Waals surface area (Å²) in [6.45, 7) is 12.7. The van der Waals surface area contributed by atoms with E-state index in [2.05, 4.69) is 27.9 Å². The molecule has 0 aliphatic carbocycles. The molecule has 1 aliphatic heterocycles. The van der Waals surface area contributed by atoms with Crippen molar-refractivity contribution in [3.63, 3.8) is 0 Å². The second-order valence-corrected chi connectivity index (χ2v) is 17.2. The number of likely N-dealkylation sites (N-methyl/N-ethyl adjacent to an activating group) is 1. The van der Waals surface area contributed by atoms with E-state index >= 15 is 0 Å². The van der Waals surface area contributed by atoms with Crippen LogP contribution in [-0.4, -0.2) is 112 Å². The number of unbranched alkanes of at least 4 members (excludes halogenated alkanes) is 3. The zero-order chi connectivity index (χ0) is 43.6. The minimum absolute atomic E-state index is 0.0804. The largest absolute Gasteiger partial charge is 0.508 e. The van der Waals surface area contributed by atoms with E-state index in [4.69, 9.17) is 9.57 Å². The average molecular weight is 847 g/mol. The van der Waals surface area contributed by atoms with Crippen molar-refractivity contribution in [2.24, 2.45) is 17.8 Å². The molecule has 0 radical (unpaired) electrons. The van der Waals surface area contributed by atoms with Gasteiger partial charge < -0.3 is 36.0 Å². The van der Waals surface area contributed by atoms with Gasteiger partial charge in [0.15, 0.2) is 12.4 Å². The molecule has 1 aromatic carbocycles. The van der Waals surface area contributed by atoms with E-state index in [0.29, 0.717) is 24.3 Å². The number of aliphatic hydroxyl groups excluding tert-OH is 1. The highest BCUT2D eigenvalue weighted by atomic mass is 32.1. The molecular weight excluding hydrogens is 777 g/mol. The number of hydrogen-bond acceptors (Lipinski definition) is 12. The Hall–Kier alpha value is -3.83. The quantitative estimate of drug-likeness (QED) is 0.0430. The number of piperidine rings is 1. The van der Waals surface area contributed by atoms with E-state index in [0.717, 1.165) is 62.0 Å². The molecule has 1 aliphatic rings. The normalized spacial score (nSPS) is 17.7. The van der Waals surface area contributed by atoms with Crippen LogP contribution in [-0.2, 0) is 25.6 Å². The summed E-state index contributed by atoms with van der Waals surface area (Å²) in [5.74, 6) is -1.92. The standard InChI is InChI=1S/C43H70N6O9S/c1-9-11-12-15-22-57-49(41(53)37(28(5)10-2)47-39(52)34-16-13-14-21-48(34)8)35(27(3)4)25-36(58-43(56)44-7)40-46-33(26-59-40)38(51)45-31(23-29(6)42(54)55)24-30-17-19-32(50)20-18-30/h17-20,26-29,31,34-37,42,50,54-55H,9-16,21-25H2,1-8H3,(H,44,56)(H,45,51)(H,47,52)/t28-,29-,31+,34+,35+,36+,37-/m0/s1. The van der Waals surface area contributed by atoms with Gasteiger partial charge in [0, 0.05) is 30.8 Å². The summed E-state index contributed by atoms with van der Waals surface area (Å²) < 4.78 is 5.90. The van der Waals surface area contributed by atoms with Gasteiger partial charge in [0.05, 0.1) is 18.7 Å². The minimum atomic E-state index is -1.58. The van der Waals surface area contributed by atoms with Crippen LogP contribution in [0.2, 0.25) is 0 Å². The lowest BCUT2D eigenvalue weighted by atomic mass is 9.93. The Morgan fingerprint density at radius 1 is 0.983 bits per heavy atom. The van der Waals surface area contributed by atoms with Crippen LogP contribution >= 0.6 is 11.3 Å². The van der Waals surface area contributed by atoms with Gasteiger partial charge in [-0.25, -0.2) is 14.8 Å². The molecule has 7 atom stereocenters. The lowest BCUT2D eigenvalue weighted by Crippen LogP contribution is -2.58. The first-order valence-corrected chi connectivity index (χ1v) is 22.2. The molecule has 59 heavy (non-hydrogen) atoms. The number of benzene rings is 1. The lowest BCUT2D eigenvalue weighted by Gasteiger charge is -2.39. The van der Waals surface area contributed by atoms with Crippen LogP contribution in [0.4, 0.5) is 4.79 Å². The Bertz CT molecular complexity index is 1590. The predicted octanol–water partition coefficient (Wildman–Crippen LogP) is 5.69. The number of ether oxygens (including phenoxy) is 1. The number of aliphatic hydroxyl groups is 2. The van der Waals surface area contributed by atoms with Crippen molar-refractivity contribution in [1.82, 2.24) is 30.9 Å². The van der Waals surface area contributed by atoms with Gasteiger partial charge in [-0.1, -0.05) is 85.8 Å². The molecule has 2 heterocycles. The smallest absolute Gasteiger partial charge is 0.407 e. The van der Waals surface area contributed by atoms with Gasteiger partial charge >= 0.3 is 6.09 Å². The number of nitrogens with zero attached hydrogens (tertiary/aromatic N) is 3. The molecule has 2 aromatic rings. The highest BCUT2D eigenvalue weighted by molar-refractivity contribution is 7.09. The summed E-state index contributed by atoms with van der Waals surface area (Å²) in [6.07, 6.45) is 4.41. The fraction of sp³-hybridized carbons (Fsp3) is 0.698. The molecule has 3 rings (SSSR count). The van der Waals surface area contributed by atoms with Crippen LogP contribution in [0.25, 0.3) is 0 Å². The molecule has 0 unspecified atom stereocenters. The molecule has 1 aromatic heterocycles. The summed E-state index contributed by atoms with van der Waals surface area (Å²) in [7, 11) is 3.38. The Balaban J connectivity index is 1.95. The van der Waals surface area contributed by atoms with Gasteiger partial charge in [-0.3, -0.25) is 24.1 Å². The van der Waals surface area contributed by atoms with Gasteiger partial charge in [0.25, 0.3) is 11.8 Å². The first kappa shape index (κ1) is 49.5. The summed E-state index contributed by atoms with van der Waals surface area (Å²) in [5.41, 5.74) is 0.908. The van der Waals surface area contributed by atoms with Crippen LogP contribution < -0.4 is 16.0 Å². The van der Waals surface area contributed by atoms with Crippen LogP contribution in [0.5, 0.6) is 5.75 Å². The number of hydroxylamine groups is 2. The van der Waals surface area contributed by atoms with Crippen LogP contribution in [0.15, 0.2) is 29.6 Å². The molecule has 15 nitrogen and oxygen atoms in total. The molecule has 332 valence electrons. The summed E-state index contributed by atoms with van der Waals surface area (Å²) in [6, 6.07) is 4.22. The van der Waals surface area contributed by atoms with Crippen molar-refractivity contribution in [3.05, 3.63) is 45.9 Å². The van der Waals surface area contributed by atoms with E-state index in [1.165, 1.54) is 12.1 Å². The fourth-order valence-corrected chi connectivity index (χ4v) is 8.05. The van der Waals surface area contributed by atoms with Crippen molar-refractivity contribution < 1.29 is 44.1 Å². The third-order valence-corrected chi connectivity index (χ3v) is 12.2. The van der Waals surface area contributed by atoms with Crippen LogP contribution in [0.1, 0.15) is 133 Å². The molecule has 1 saturated heterocycles. The highest BCUT2D eigenvalue weighted by Gasteiger charge is 2.40. The summed E-state index contributed by atoms with van der Waals surface area (Å²) in [4.78, 5) is 68.2. The number of aromatic nitrogens is 1. The fourth-order valence-electron chi connectivity index (χ4n) is 7.22. The molecule has 1 fully saturated rings. The number of rotatable bonds is 24. The van der Waals surface area contributed by atoms with Gasteiger partial charge in [-0.05, 0) is 75.2 Å². The SMILES string of the molecule is CCCCCCON(C(=O)[C@@H](NC(=O)[C@H]1CCCCN1C)[C@@H](C)CC)[C@H](C[C@@H](OC(=O)NC)c1nc(C(=O)N[C@@H](Cc2ccc(O)cc2)C[C@H](C)C(O)O)cs1)C(C)C. The first-order chi connectivity index (χ1) is 28.1. The Labute approximate surface area is 354 Å². The molecule has 0 saturated carbocycles. The summed E-state index contributed by atoms with van der Waals surface area (Å²) >= 11 is 1.14. The number of phenolic OH excluding ortho intramolecular Hbond substituents is 1. The maximum Gasteiger partial charge on any atom is 0.407 e. The first-order valence-electron chi connectivity index (χ1n) is 21.3. The third kappa shape index (κ3) is 15.6. The Morgan fingerprint density at radius 2 is 1.69 bits per heavy atom. The number of amides is 4. The zero-order valence-corrected chi connectivity index (χ0v) is 37.1. The number of carbonyl (C=O) groups excluding carboxylic acids is 4. The van der Waals surface area contributed by atoms with Crippen molar-refractivity contribution in [1.29, 1.82) is 0 Å². The monoisotopic (exact) mass is 846 g/mol. The predicted molar refractivity (Wildman–Crippen MR) is 227 cm³/mol. The van der Waals surface area contributed by atoms with Crippen LogP contribution in [0, 0.1) is 17.8 Å². The van der Waals surface area contributed by atoms with E-state index < -0.39 is 48.4 Å². The van der Waals surface area contributed by atoms with E-state index in [1.54, 1.807) is 36.6 Å². The van der Waals surface area contributed by atoms with Gasteiger partial charge in [-0.15, -0.1) is 11.3 Å². The number of nitrogens with one attached hydrogen (secondary N) is 3. The topological polar surface area (TPSA) is 203 Å². The van der Waals surface area contributed by atoms with Crippen molar-refractivity contribution in [2.75, 3.05) is 27.2 Å². The minimum Gasteiger partial charge on any atom is -0.508 e. The maximum absolute atomic E-state index is 14.8. The van der Waals surface area contributed by atoms with Gasteiger partial charge in [0.2, 0.25) is 5.91 Å². The Morgan fingerprint density at radius 3 is 2.31 bits per heavy atom. The molecule has 0 spiro atoms. The average Bonchev–Trinajstić information content (AvgIpc) is 3.71. The molecule has 16 heteroatoms. The van der Waals surface area contributed by atoms with Crippen molar-refractivity contribution in [3.8, 4) is 5.75 Å². The molecular formula is C43H70N6O9S. The zero-order valence-electron chi connectivity index (χ0n) is 36.3. The second-order valence-electron chi connectivity index (χ2n) is 16.4. The number of likely N-dealkylation sites (tertiary alicyclic amines) is 1. The summed E-state index contributed by atoms with van der Waals surface area (Å²) in [5, 5.41) is 41.3. The van der Waals surface area contributed by atoms with E-state index in [9.17, 15) is 34.5 Å². The van der Waals surface area contributed by atoms with Gasteiger partial charge in [-0.2, -0.15) is 0 Å². The molecule has 6 N–H and O–H groups in total. The molecule has 0 bridgehead atoms. The van der Waals surface area contributed by atoms with Crippen molar-refractivity contribution >= 4 is 35.2 Å². The maximum atomic E-state index is 14.8. The Kier molecular flexibility index (Phi) is 21.0. The number of hydrogen-bond donors (Lipinski definition) is 6. The molecule has 4 amide bonds. The lowest BCUT2D eigenvalue weighted by molar-refractivity contribution is -0.212. The number of phenols is 1. The van der Waals surface area contributed by atoms with Crippen molar-refractivity contribution in [2.45, 2.75) is 149 Å². The van der Waals surface area contributed by atoms with E-state index in [1.807, 2.05) is 39.6 Å².